The van der Waals surface area contributed by atoms with Gasteiger partial charge in [-0.1, -0.05) is 5.92 Å². The van der Waals surface area contributed by atoms with Crippen LogP contribution in [-0.2, 0) is 14.3 Å². The molecule has 7 nitrogen and oxygen atoms in total. The molecule has 0 heterocycles. The molecule has 122 valence electrons. The molecule has 1 N–H and O–H groups in total. The molecule has 7 heteroatoms. The maximum atomic E-state index is 11.5. The second-order valence-corrected chi connectivity index (χ2v) is 4.35. The SMILES string of the molecule is C#CCNC(=O)COC(=O)COc1ccc(C(C)=O)cc1OC. The Morgan fingerprint density at radius 2 is 1.96 bits per heavy atom. The molecule has 1 amide bonds. The fraction of sp³-hybridized carbons (Fsp3) is 0.312. The predicted octanol–water partition coefficient (Wildman–Crippen LogP) is 0.569. The Hall–Kier alpha value is -3.01. The number of ketones is 1. The molecule has 0 saturated carbocycles. The summed E-state index contributed by atoms with van der Waals surface area (Å²) in [4.78, 5) is 34.0. The van der Waals surface area contributed by atoms with Crippen molar-refractivity contribution in [1.82, 2.24) is 5.32 Å². The number of carbonyl (C=O) groups excluding carboxylic acids is 3. The number of esters is 1. The number of carbonyl (C=O) groups is 3. The maximum absolute atomic E-state index is 11.5. The number of amides is 1. The van der Waals surface area contributed by atoms with E-state index >= 15 is 0 Å². The van der Waals surface area contributed by atoms with Crippen molar-refractivity contribution in [1.29, 1.82) is 0 Å². The molecule has 0 aliphatic heterocycles. The highest BCUT2D eigenvalue weighted by Crippen LogP contribution is 2.28. The Morgan fingerprint density at radius 3 is 2.57 bits per heavy atom. The molecular formula is C16H17NO6. The van der Waals surface area contributed by atoms with Crippen LogP contribution in [0.5, 0.6) is 11.5 Å². The number of rotatable bonds is 8. The first-order valence-corrected chi connectivity index (χ1v) is 6.65. The van der Waals surface area contributed by atoms with Crippen LogP contribution in [0.3, 0.4) is 0 Å². The van der Waals surface area contributed by atoms with Gasteiger partial charge in [-0.15, -0.1) is 6.42 Å². The lowest BCUT2D eigenvalue weighted by molar-refractivity contribution is -0.150. The van der Waals surface area contributed by atoms with Gasteiger partial charge >= 0.3 is 5.97 Å². The van der Waals surface area contributed by atoms with Gasteiger partial charge < -0.3 is 19.5 Å². The van der Waals surface area contributed by atoms with Gasteiger partial charge in [0.25, 0.3) is 5.91 Å². The summed E-state index contributed by atoms with van der Waals surface area (Å²) in [5.74, 6) is 1.48. The summed E-state index contributed by atoms with van der Waals surface area (Å²) < 4.78 is 15.1. The van der Waals surface area contributed by atoms with E-state index in [-0.39, 0.29) is 18.1 Å². The molecule has 1 aromatic rings. The average molecular weight is 319 g/mol. The van der Waals surface area contributed by atoms with E-state index in [1.807, 2.05) is 0 Å². The minimum atomic E-state index is -0.724. The van der Waals surface area contributed by atoms with Crippen LogP contribution in [0.4, 0.5) is 0 Å². The highest BCUT2D eigenvalue weighted by atomic mass is 16.6. The zero-order valence-electron chi connectivity index (χ0n) is 12.9. The quantitative estimate of drug-likeness (QED) is 0.428. The Kier molecular flexibility index (Phi) is 7.14. The van der Waals surface area contributed by atoms with Crippen molar-refractivity contribution >= 4 is 17.7 Å². The lowest BCUT2D eigenvalue weighted by atomic mass is 10.1. The molecule has 0 aromatic heterocycles. The monoisotopic (exact) mass is 319 g/mol. The fourth-order valence-electron chi connectivity index (χ4n) is 1.53. The summed E-state index contributed by atoms with van der Waals surface area (Å²) in [7, 11) is 1.42. The lowest BCUT2D eigenvalue weighted by Crippen LogP contribution is -2.30. The van der Waals surface area contributed by atoms with Gasteiger partial charge in [-0.2, -0.15) is 0 Å². The summed E-state index contributed by atoms with van der Waals surface area (Å²) in [5.41, 5.74) is 0.460. The molecule has 0 bridgehead atoms. The van der Waals surface area contributed by atoms with Crippen molar-refractivity contribution in [2.75, 3.05) is 26.9 Å². The molecule has 1 aromatic carbocycles. The van der Waals surface area contributed by atoms with Crippen LogP contribution in [0.25, 0.3) is 0 Å². The van der Waals surface area contributed by atoms with Crippen LogP contribution in [0.15, 0.2) is 18.2 Å². The van der Waals surface area contributed by atoms with E-state index in [0.717, 1.165) is 0 Å². The van der Waals surface area contributed by atoms with Gasteiger partial charge in [0.1, 0.15) is 0 Å². The second-order valence-electron chi connectivity index (χ2n) is 4.35. The Bertz CT molecular complexity index is 632. The van der Waals surface area contributed by atoms with Gasteiger partial charge in [0, 0.05) is 5.56 Å². The van der Waals surface area contributed by atoms with Crippen molar-refractivity contribution in [2.24, 2.45) is 0 Å². The Labute approximate surface area is 133 Å². The number of benzene rings is 1. The third-order valence-corrected chi connectivity index (χ3v) is 2.67. The van der Waals surface area contributed by atoms with E-state index in [2.05, 4.69) is 11.2 Å². The topological polar surface area (TPSA) is 90.9 Å². The fourth-order valence-corrected chi connectivity index (χ4v) is 1.53. The molecule has 1 rings (SSSR count). The van der Waals surface area contributed by atoms with Crippen LogP contribution in [0.2, 0.25) is 0 Å². The first-order chi connectivity index (χ1) is 11.0. The van der Waals surface area contributed by atoms with Crippen LogP contribution in [-0.4, -0.2) is 44.5 Å². The molecular weight excluding hydrogens is 302 g/mol. The smallest absolute Gasteiger partial charge is 0.344 e. The van der Waals surface area contributed by atoms with Gasteiger partial charge in [0.2, 0.25) is 0 Å². The molecule has 0 aliphatic carbocycles. The zero-order chi connectivity index (χ0) is 17.2. The van der Waals surface area contributed by atoms with Gasteiger partial charge in [-0.05, 0) is 25.1 Å². The molecule has 23 heavy (non-hydrogen) atoms. The maximum Gasteiger partial charge on any atom is 0.344 e. The molecule has 0 atom stereocenters. The number of hydrogen-bond acceptors (Lipinski definition) is 6. The van der Waals surface area contributed by atoms with E-state index in [0.29, 0.717) is 11.3 Å². The van der Waals surface area contributed by atoms with E-state index in [1.165, 1.54) is 26.2 Å². The van der Waals surface area contributed by atoms with E-state index in [4.69, 9.17) is 20.6 Å². The summed E-state index contributed by atoms with van der Waals surface area (Å²) in [6, 6.07) is 4.58. The van der Waals surface area contributed by atoms with Crippen molar-refractivity contribution in [3.8, 4) is 23.8 Å². The molecule has 0 saturated heterocycles. The number of Topliss-reactive ketones (excluding diaryl/α,β-unsaturated/α-hetero) is 1. The number of ether oxygens (including phenoxy) is 3. The van der Waals surface area contributed by atoms with Crippen molar-refractivity contribution in [3.05, 3.63) is 23.8 Å². The van der Waals surface area contributed by atoms with Crippen LogP contribution < -0.4 is 14.8 Å². The number of terminal acetylenes is 1. The third-order valence-electron chi connectivity index (χ3n) is 2.67. The highest BCUT2D eigenvalue weighted by Gasteiger charge is 2.12. The first kappa shape index (κ1) is 18.0. The van der Waals surface area contributed by atoms with Gasteiger partial charge in [-0.3, -0.25) is 9.59 Å². The van der Waals surface area contributed by atoms with Gasteiger partial charge in [0.05, 0.1) is 13.7 Å². The standard InChI is InChI=1S/C16H17NO6/c1-4-7-17-15(19)9-23-16(20)10-22-13-6-5-12(11(2)18)8-14(13)21-3/h1,5-6,8H,7,9-10H2,2-3H3,(H,17,19). The second kappa shape index (κ2) is 9.10. The van der Waals surface area contributed by atoms with Crippen molar-refractivity contribution in [3.63, 3.8) is 0 Å². The van der Waals surface area contributed by atoms with E-state index < -0.39 is 25.1 Å². The number of hydrogen-bond donors (Lipinski definition) is 1. The molecule has 0 radical (unpaired) electrons. The molecule has 0 fully saturated rings. The van der Waals surface area contributed by atoms with Gasteiger partial charge in [-0.25, -0.2) is 4.79 Å². The summed E-state index contributed by atoms with van der Waals surface area (Å²) in [6.45, 7) is 0.646. The minimum absolute atomic E-state index is 0.0621. The number of nitrogens with one attached hydrogen (secondary N) is 1. The third kappa shape index (κ3) is 6.09. The lowest BCUT2D eigenvalue weighted by Gasteiger charge is -2.11. The Balaban J connectivity index is 2.51. The Morgan fingerprint density at radius 1 is 1.22 bits per heavy atom. The van der Waals surface area contributed by atoms with Crippen LogP contribution in [0, 0.1) is 12.3 Å². The van der Waals surface area contributed by atoms with Gasteiger partial charge in [0.15, 0.2) is 30.5 Å². The normalized spacial score (nSPS) is 9.43. The molecule has 0 unspecified atom stereocenters. The minimum Gasteiger partial charge on any atom is -0.493 e. The molecule has 0 spiro atoms. The van der Waals surface area contributed by atoms with Crippen LogP contribution in [0.1, 0.15) is 17.3 Å². The van der Waals surface area contributed by atoms with Crippen molar-refractivity contribution < 1.29 is 28.6 Å². The highest BCUT2D eigenvalue weighted by molar-refractivity contribution is 5.94. The van der Waals surface area contributed by atoms with E-state index in [9.17, 15) is 14.4 Å². The van der Waals surface area contributed by atoms with E-state index in [1.54, 1.807) is 6.07 Å². The van der Waals surface area contributed by atoms with Crippen LogP contribution >= 0.6 is 0 Å². The summed E-state index contributed by atoms with van der Waals surface area (Å²) >= 11 is 0. The summed E-state index contributed by atoms with van der Waals surface area (Å²) in [6.07, 6.45) is 4.98. The molecule has 0 aliphatic rings. The number of methoxy groups -OCH3 is 1. The average Bonchev–Trinajstić information content (AvgIpc) is 2.55. The first-order valence-electron chi connectivity index (χ1n) is 6.65. The largest absolute Gasteiger partial charge is 0.493 e. The summed E-state index contributed by atoms with van der Waals surface area (Å²) in [5, 5.41) is 2.35. The predicted molar refractivity (Wildman–Crippen MR) is 81.3 cm³/mol. The zero-order valence-corrected chi connectivity index (χ0v) is 12.9. The van der Waals surface area contributed by atoms with Crippen molar-refractivity contribution in [2.45, 2.75) is 6.92 Å².